The maximum Gasteiger partial charge on any atom is 0.253 e. The number of carbonyl (C=O) groups excluding carboxylic acids is 1. The van der Waals surface area contributed by atoms with Gasteiger partial charge in [0.05, 0.1) is 5.02 Å². The van der Waals surface area contributed by atoms with E-state index in [0.29, 0.717) is 16.6 Å². The largest absolute Gasteiger partial charge is 0.339 e. The third-order valence-corrected chi connectivity index (χ3v) is 4.88. The summed E-state index contributed by atoms with van der Waals surface area (Å²) in [5.74, 6) is 0.0801. The number of nitrogens with one attached hydrogen (secondary N) is 1. The summed E-state index contributed by atoms with van der Waals surface area (Å²) < 4.78 is 0.916. The molecule has 3 nitrogen and oxygen atoms in total. The Morgan fingerprint density at radius 2 is 2.11 bits per heavy atom. The van der Waals surface area contributed by atoms with Gasteiger partial charge >= 0.3 is 0 Å². The van der Waals surface area contributed by atoms with Crippen LogP contribution in [-0.4, -0.2) is 37.0 Å². The SMILES string of the molecule is CN(C(=O)c1ccc(Cl)c(I)c1)C1CCNCC1. The van der Waals surface area contributed by atoms with Crippen molar-refractivity contribution in [3.05, 3.63) is 32.4 Å². The van der Waals surface area contributed by atoms with Crippen LogP contribution >= 0.6 is 34.2 Å². The van der Waals surface area contributed by atoms with Gasteiger partial charge in [-0.3, -0.25) is 4.79 Å². The van der Waals surface area contributed by atoms with Gasteiger partial charge in [-0.2, -0.15) is 0 Å². The number of rotatable bonds is 2. The lowest BCUT2D eigenvalue weighted by atomic mass is 10.0. The van der Waals surface area contributed by atoms with E-state index >= 15 is 0 Å². The summed E-state index contributed by atoms with van der Waals surface area (Å²) in [5, 5.41) is 4.00. The van der Waals surface area contributed by atoms with Crippen molar-refractivity contribution in [3.63, 3.8) is 0 Å². The van der Waals surface area contributed by atoms with Crippen molar-refractivity contribution >= 4 is 40.1 Å². The van der Waals surface area contributed by atoms with Crippen LogP contribution in [0.1, 0.15) is 23.2 Å². The molecule has 1 aromatic rings. The average Bonchev–Trinajstić information content (AvgIpc) is 2.41. The summed E-state index contributed by atoms with van der Waals surface area (Å²) in [7, 11) is 1.89. The van der Waals surface area contributed by atoms with E-state index in [2.05, 4.69) is 27.9 Å². The number of carbonyl (C=O) groups is 1. The van der Waals surface area contributed by atoms with Gasteiger partial charge in [0.2, 0.25) is 0 Å². The number of amides is 1. The van der Waals surface area contributed by atoms with Gasteiger partial charge in [-0.25, -0.2) is 0 Å². The summed E-state index contributed by atoms with van der Waals surface area (Å²) in [6, 6.07) is 5.77. The van der Waals surface area contributed by atoms with Gasteiger partial charge in [0.1, 0.15) is 0 Å². The summed E-state index contributed by atoms with van der Waals surface area (Å²) >= 11 is 8.12. The topological polar surface area (TPSA) is 32.3 Å². The molecule has 0 bridgehead atoms. The van der Waals surface area contributed by atoms with Crippen LogP contribution in [0.3, 0.4) is 0 Å². The van der Waals surface area contributed by atoms with Gasteiger partial charge in [0.25, 0.3) is 5.91 Å². The standard InChI is InChI=1S/C13H16ClIN2O/c1-17(10-4-6-16-7-5-10)13(18)9-2-3-11(14)12(15)8-9/h2-3,8,10,16H,4-7H2,1H3. The van der Waals surface area contributed by atoms with Crippen LogP contribution in [0.25, 0.3) is 0 Å². The molecule has 1 aliphatic rings. The van der Waals surface area contributed by atoms with E-state index in [-0.39, 0.29) is 5.91 Å². The Bertz CT molecular complexity index is 447. The van der Waals surface area contributed by atoms with E-state index in [4.69, 9.17) is 11.6 Å². The summed E-state index contributed by atoms with van der Waals surface area (Å²) in [5.41, 5.74) is 0.713. The molecular formula is C13H16ClIN2O. The molecule has 98 valence electrons. The highest BCUT2D eigenvalue weighted by atomic mass is 127. The molecular weight excluding hydrogens is 363 g/mol. The molecule has 0 spiro atoms. The molecule has 1 amide bonds. The predicted octanol–water partition coefficient (Wildman–Crippen LogP) is 2.77. The van der Waals surface area contributed by atoms with E-state index in [0.717, 1.165) is 29.5 Å². The number of hydrogen-bond acceptors (Lipinski definition) is 2. The minimum Gasteiger partial charge on any atom is -0.339 e. The van der Waals surface area contributed by atoms with Gasteiger partial charge in [-0.05, 0) is 66.7 Å². The van der Waals surface area contributed by atoms with Crippen LogP contribution in [0.5, 0.6) is 0 Å². The normalized spacial score (nSPS) is 16.6. The first-order chi connectivity index (χ1) is 8.59. The van der Waals surface area contributed by atoms with Crippen molar-refractivity contribution in [1.29, 1.82) is 0 Å². The van der Waals surface area contributed by atoms with Crippen LogP contribution in [0, 0.1) is 3.57 Å². The first kappa shape index (κ1) is 14.1. The molecule has 18 heavy (non-hydrogen) atoms. The monoisotopic (exact) mass is 378 g/mol. The molecule has 1 saturated heterocycles. The van der Waals surface area contributed by atoms with E-state index in [1.807, 2.05) is 18.0 Å². The van der Waals surface area contributed by atoms with Gasteiger partial charge < -0.3 is 10.2 Å². The summed E-state index contributed by atoms with van der Waals surface area (Å²) in [6.07, 6.45) is 2.04. The number of nitrogens with zero attached hydrogens (tertiary/aromatic N) is 1. The molecule has 2 rings (SSSR count). The minimum atomic E-state index is 0.0801. The average molecular weight is 379 g/mol. The second kappa shape index (κ2) is 6.21. The Balaban J connectivity index is 2.11. The van der Waals surface area contributed by atoms with E-state index in [9.17, 15) is 4.79 Å². The first-order valence-electron chi connectivity index (χ1n) is 6.02. The van der Waals surface area contributed by atoms with Crippen molar-refractivity contribution in [2.24, 2.45) is 0 Å². The van der Waals surface area contributed by atoms with Crippen LogP contribution in [0.15, 0.2) is 18.2 Å². The summed E-state index contributed by atoms with van der Waals surface area (Å²) in [6.45, 7) is 1.97. The van der Waals surface area contributed by atoms with Gasteiger partial charge in [0, 0.05) is 22.2 Å². The second-order valence-electron chi connectivity index (χ2n) is 4.53. The Kier molecular flexibility index (Phi) is 4.86. The quantitative estimate of drug-likeness (QED) is 0.803. The van der Waals surface area contributed by atoms with Crippen LogP contribution in [0.4, 0.5) is 0 Å². The van der Waals surface area contributed by atoms with Gasteiger partial charge in [-0.15, -0.1) is 0 Å². The maximum absolute atomic E-state index is 12.4. The summed E-state index contributed by atoms with van der Waals surface area (Å²) in [4.78, 5) is 14.2. The Morgan fingerprint density at radius 3 is 2.72 bits per heavy atom. The highest BCUT2D eigenvalue weighted by Gasteiger charge is 2.23. The minimum absolute atomic E-state index is 0.0801. The molecule has 1 aromatic carbocycles. The Labute approximate surface area is 126 Å². The Hall–Kier alpha value is -0.330. The van der Waals surface area contributed by atoms with Crippen LogP contribution in [-0.2, 0) is 0 Å². The van der Waals surface area contributed by atoms with Gasteiger partial charge in [-0.1, -0.05) is 11.6 Å². The lowest BCUT2D eigenvalue weighted by molar-refractivity contribution is 0.0703. The molecule has 0 atom stereocenters. The zero-order chi connectivity index (χ0) is 13.1. The molecule has 1 fully saturated rings. The van der Waals surface area contributed by atoms with E-state index < -0.39 is 0 Å². The zero-order valence-electron chi connectivity index (χ0n) is 10.2. The van der Waals surface area contributed by atoms with Crippen molar-refractivity contribution in [1.82, 2.24) is 10.2 Å². The third-order valence-electron chi connectivity index (χ3n) is 3.34. The number of piperidine rings is 1. The third kappa shape index (κ3) is 3.16. The highest BCUT2D eigenvalue weighted by Crippen LogP contribution is 2.21. The first-order valence-corrected chi connectivity index (χ1v) is 7.48. The lowest BCUT2D eigenvalue weighted by Crippen LogP contribution is -2.43. The molecule has 0 radical (unpaired) electrons. The van der Waals surface area contributed by atoms with Crippen molar-refractivity contribution in [2.45, 2.75) is 18.9 Å². The van der Waals surface area contributed by atoms with Crippen LogP contribution in [0.2, 0.25) is 5.02 Å². The van der Waals surface area contributed by atoms with E-state index in [1.165, 1.54) is 0 Å². The molecule has 1 N–H and O–H groups in total. The smallest absolute Gasteiger partial charge is 0.253 e. The highest BCUT2D eigenvalue weighted by molar-refractivity contribution is 14.1. The van der Waals surface area contributed by atoms with Gasteiger partial charge in [0.15, 0.2) is 0 Å². The van der Waals surface area contributed by atoms with Crippen molar-refractivity contribution < 1.29 is 4.79 Å². The zero-order valence-corrected chi connectivity index (χ0v) is 13.2. The lowest BCUT2D eigenvalue weighted by Gasteiger charge is -2.31. The molecule has 0 unspecified atom stereocenters. The number of hydrogen-bond donors (Lipinski definition) is 1. The van der Waals surface area contributed by atoms with Crippen molar-refractivity contribution in [2.75, 3.05) is 20.1 Å². The predicted molar refractivity (Wildman–Crippen MR) is 82.2 cm³/mol. The fraction of sp³-hybridized carbons (Fsp3) is 0.462. The molecule has 1 aliphatic heterocycles. The molecule has 0 aromatic heterocycles. The number of benzene rings is 1. The Morgan fingerprint density at radius 1 is 1.44 bits per heavy atom. The molecule has 0 saturated carbocycles. The van der Waals surface area contributed by atoms with Crippen LogP contribution < -0.4 is 5.32 Å². The second-order valence-corrected chi connectivity index (χ2v) is 6.10. The number of halogens is 2. The van der Waals surface area contributed by atoms with E-state index in [1.54, 1.807) is 12.1 Å². The molecule has 5 heteroatoms. The fourth-order valence-electron chi connectivity index (χ4n) is 2.19. The van der Waals surface area contributed by atoms with Crippen molar-refractivity contribution in [3.8, 4) is 0 Å². The fourth-order valence-corrected chi connectivity index (χ4v) is 2.83. The maximum atomic E-state index is 12.4. The molecule has 1 heterocycles. The molecule has 0 aliphatic carbocycles.